The second-order valence-electron chi connectivity index (χ2n) is 3.79. The molecule has 0 saturated heterocycles. The molecule has 0 aromatic heterocycles. The molecule has 0 spiro atoms. The Kier molecular flexibility index (Phi) is 4.21. The first kappa shape index (κ1) is 10.2. The number of rotatable bonds is 4. The van der Waals surface area contributed by atoms with Crippen molar-refractivity contribution in [1.82, 2.24) is 0 Å². The van der Waals surface area contributed by atoms with Crippen LogP contribution in [0.5, 0.6) is 0 Å². The summed E-state index contributed by atoms with van der Waals surface area (Å²) in [5.41, 5.74) is 0. The van der Waals surface area contributed by atoms with E-state index in [2.05, 4.69) is 33.9 Å². The molecule has 0 aromatic carbocycles. The second-order valence-corrected chi connectivity index (χ2v) is 8.01. The predicted molar refractivity (Wildman–Crippen MR) is 48.8 cm³/mol. The summed E-state index contributed by atoms with van der Waals surface area (Å²) in [5.74, 6) is 0.785. The maximum absolute atomic E-state index is 5.68. The molecule has 1 nitrogen and oxygen atoms in total. The van der Waals surface area contributed by atoms with E-state index in [0.29, 0.717) is 0 Å². The first-order valence-electron chi connectivity index (χ1n) is 4.12. The molecule has 0 unspecified atom stereocenters. The summed E-state index contributed by atoms with van der Waals surface area (Å²) >= 11 is 0. The van der Waals surface area contributed by atoms with E-state index >= 15 is 0 Å². The lowest BCUT2D eigenvalue weighted by Gasteiger charge is -2.23. The van der Waals surface area contributed by atoms with Gasteiger partial charge in [-0.2, -0.15) is 0 Å². The summed E-state index contributed by atoms with van der Waals surface area (Å²) in [6.45, 7) is 12.1. The SMILES string of the molecule is CCO[Si](C)(C)CC(C)C. The topological polar surface area (TPSA) is 9.23 Å². The lowest BCUT2D eigenvalue weighted by molar-refractivity contribution is 0.324. The molecule has 2 heteroatoms. The molecule has 0 saturated carbocycles. The minimum Gasteiger partial charge on any atom is -0.418 e. The molecule has 0 heterocycles. The Morgan fingerprint density at radius 3 is 2.10 bits per heavy atom. The van der Waals surface area contributed by atoms with Gasteiger partial charge in [0.1, 0.15) is 0 Å². The van der Waals surface area contributed by atoms with Gasteiger partial charge >= 0.3 is 0 Å². The highest BCUT2D eigenvalue weighted by atomic mass is 28.4. The van der Waals surface area contributed by atoms with Crippen molar-refractivity contribution in [3.8, 4) is 0 Å². The molecule has 0 radical (unpaired) electrons. The van der Waals surface area contributed by atoms with Gasteiger partial charge in [-0.1, -0.05) is 13.8 Å². The van der Waals surface area contributed by atoms with Crippen molar-refractivity contribution >= 4 is 8.32 Å². The molecular weight excluding hydrogens is 140 g/mol. The van der Waals surface area contributed by atoms with Gasteiger partial charge in [0.15, 0.2) is 8.32 Å². The van der Waals surface area contributed by atoms with Crippen LogP contribution in [0.1, 0.15) is 20.8 Å². The van der Waals surface area contributed by atoms with Crippen molar-refractivity contribution in [2.75, 3.05) is 6.61 Å². The van der Waals surface area contributed by atoms with Gasteiger partial charge in [0.2, 0.25) is 0 Å². The van der Waals surface area contributed by atoms with Crippen LogP contribution in [0, 0.1) is 5.92 Å². The van der Waals surface area contributed by atoms with Crippen LogP contribution in [0.15, 0.2) is 0 Å². The summed E-state index contributed by atoms with van der Waals surface area (Å²) in [6.07, 6.45) is 0. The van der Waals surface area contributed by atoms with E-state index in [4.69, 9.17) is 4.43 Å². The zero-order valence-electron chi connectivity index (χ0n) is 7.90. The van der Waals surface area contributed by atoms with Crippen LogP contribution in [0.4, 0.5) is 0 Å². The summed E-state index contributed by atoms with van der Waals surface area (Å²) in [4.78, 5) is 0. The zero-order chi connectivity index (χ0) is 8.20. The Morgan fingerprint density at radius 2 is 1.80 bits per heavy atom. The Balaban J connectivity index is 3.63. The molecule has 0 aliphatic rings. The van der Waals surface area contributed by atoms with Crippen LogP contribution in [0.3, 0.4) is 0 Å². The van der Waals surface area contributed by atoms with Crippen LogP contribution in [0.25, 0.3) is 0 Å². The van der Waals surface area contributed by atoms with Crippen molar-refractivity contribution in [2.24, 2.45) is 5.92 Å². The summed E-state index contributed by atoms with van der Waals surface area (Å²) in [6, 6.07) is 1.28. The van der Waals surface area contributed by atoms with E-state index in [1.54, 1.807) is 0 Å². The minimum atomic E-state index is -1.27. The second kappa shape index (κ2) is 4.14. The Hall–Kier alpha value is 0.177. The van der Waals surface area contributed by atoms with E-state index < -0.39 is 8.32 Å². The fourth-order valence-electron chi connectivity index (χ4n) is 1.43. The molecule has 0 atom stereocenters. The third-order valence-electron chi connectivity index (χ3n) is 1.43. The van der Waals surface area contributed by atoms with Gasteiger partial charge in [-0.25, -0.2) is 0 Å². The monoisotopic (exact) mass is 160 g/mol. The van der Waals surface area contributed by atoms with Gasteiger partial charge < -0.3 is 4.43 Å². The molecule has 0 aliphatic carbocycles. The van der Waals surface area contributed by atoms with Crippen LogP contribution >= 0.6 is 0 Å². The number of hydrogen-bond acceptors (Lipinski definition) is 1. The normalized spacial score (nSPS) is 12.6. The van der Waals surface area contributed by atoms with E-state index in [1.165, 1.54) is 6.04 Å². The van der Waals surface area contributed by atoms with Gasteiger partial charge in [-0.05, 0) is 32.0 Å². The Labute approximate surface area is 65.9 Å². The molecule has 0 aromatic rings. The van der Waals surface area contributed by atoms with E-state index in [0.717, 1.165) is 12.5 Å². The maximum atomic E-state index is 5.68. The molecular formula is C8H20OSi. The summed E-state index contributed by atoms with van der Waals surface area (Å²) in [7, 11) is -1.27. The predicted octanol–water partition coefficient (Wildman–Crippen LogP) is 2.88. The quantitative estimate of drug-likeness (QED) is 0.575. The van der Waals surface area contributed by atoms with Gasteiger partial charge in [-0.3, -0.25) is 0 Å². The summed E-state index contributed by atoms with van der Waals surface area (Å²) < 4.78 is 5.68. The molecule has 0 fully saturated rings. The first-order chi connectivity index (χ1) is 4.48. The van der Waals surface area contributed by atoms with E-state index in [1.807, 2.05) is 0 Å². The van der Waals surface area contributed by atoms with E-state index in [9.17, 15) is 0 Å². The van der Waals surface area contributed by atoms with Crippen molar-refractivity contribution in [3.63, 3.8) is 0 Å². The highest BCUT2D eigenvalue weighted by Gasteiger charge is 2.22. The lowest BCUT2D eigenvalue weighted by Crippen LogP contribution is -2.31. The van der Waals surface area contributed by atoms with Crippen molar-refractivity contribution in [3.05, 3.63) is 0 Å². The standard InChI is InChI=1S/C8H20OSi/c1-6-9-10(4,5)7-8(2)3/h8H,6-7H2,1-5H3. The van der Waals surface area contributed by atoms with Crippen molar-refractivity contribution < 1.29 is 4.43 Å². The molecule has 0 bridgehead atoms. The molecule has 0 aliphatic heterocycles. The lowest BCUT2D eigenvalue weighted by atomic mass is 10.3. The Bertz CT molecular complexity index is 89.3. The average Bonchev–Trinajstić information content (AvgIpc) is 1.59. The third kappa shape index (κ3) is 5.00. The van der Waals surface area contributed by atoms with Crippen LogP contribution < -0.4 is 0 Å². The van der Waals surface area contributed by atoms with Crippen LogP contribution in [-0.4, -0.2) is 14.9 Å². The highest BCUT2D eigenvalue weighted by Crippen LogP contribution is 2.16. The third-order valence-corrected chi connectivity index (χ3v) is 4.30. The average molecular weight is 160 g/mol. The molecule has 10 heavy (non-hydrogen) atoms. The zero-order valence-corrected chi connectivity index (χ0v) is 8.90. The molecule has 0 N–H and O–H groups in total. The molecule has 0 rings (SSSR count). The van der Waals surface area contributed by atoms with Gasteiger partial charge in [0, 0.05) is 6.61 Å². The minimum absolute atomic E-state index is 0.785. The smallest absolute Gasteiger partial charge is 0.186 e. The van der Waals surface area contributed by atoms with Crippen molar-refractivity contribution in [1.29, 1.82) is 0 Å². The maximum Gasteiger partial charge on any atom is 0.186 e. The largest absolute Gasteiger partial charge is 0.418 e. The van der Waals surface area contributed by atoms with Crippen LogP contribution in [-0.2, 0) is 4.43 Å². The van der Waals surface area contributed by atoms with Gasteiger partial charge in [-0.15, -0.1) is 0 Å². The van der Waals surface area contributed by atoms with Crippen LogP contribution in [0.2, 0.25) is 19.1 Å². The molecule has 0 amide bonds. The fourth-order valence-corrected chi connectivity index (χ4v) is 4.30. The molecule has 62 valence electrons. The fraction of sp³-hybridized carbons (Fsp3) is 1.00. The van der Waals surface area contributed by atoms with E-state index in [-0.39, 0.29) is 0 Å². The first-order valence-corrected chi connectivity index (χ1v) is 7.23. The summed E-state index contributed by atoms with van der Waals surface area (Å²) in [5, 5.41) is 0. The van der Waals surface area contributed by atoms with Crippen molar-refractivity contribution in [2.45, 2.75) is 39.9 Å². The Morgan fingerprint density at radius 1 is 1.30 bits per heavy atom. The van der Waals surface area contributed by atoms with Gasteiger partial charge in [0.05, 0.1) is 0 Å². The highest BCUT2D eigenvalue weighted by molar-refractivity contribution is 6.71. The van der Waals surface area contributed by atoms with Gasteiger partial charge in [0.25, 0.3) is 0 Å². The number of hydrogen-bond donors (Lipinski definition) is 0.